The largest absolute Gasteiger partial charge is 0.485 e. The summed E-state index contributed by atoms with van der Waals surface area (Å²) in [4.78, 5) is 17.2. The first-order chi connectivity index (χ1) is 12.7. The number of anilines is 2. The molecule has 136 valence electrons. The molecule has 2 aliphatic rings. The van der Waals surface area contributed by atoms with Crippen molar-refractivity contribution in [3.8, 4) is 11.5 Å². The third kappa shape index (κ3) is 3.60. The zero-order valence-corrected chi connectivity index (χ0v) is 14.9. The van der Waals surface area contributed by atoms with Crippen molar-refractivity contribution in [1.82, 2.24) is 4.90 Å². The lowest BCUT2D eigenvalue weighted by atomic mass is 10.2. The van der Waals surface area contributed by atoms with E-state index in [1.54, 1.807) is 6.07 Å². The van der Waals surface area contributed by atoms with Crippen LogP contribution < -0.4 is 19.7 Å². The molecule has 1 amide bonds. The maximum Gasteiger partial charge on any atom is 0.269 e. The fourth-order valence-electron chi connectivity index (χ4n) is 3.19. The van der Waals surface area contributed by atoms with Gasteiger partial charge < -0.3 is 24.6 Å². The van der Waals surface area contributed by atoms with Crippen LogP contribution >= 0.6 is 0 Å². The van der Waals surface area contributed by atoms with Crippen LogP contribution in [0.5, 0.6) is 11.5 Å². The van der Waals surface area contributed by atoms with Gasteiger partial charge in [0.25, 0.3) is 5.91 Å². The quantitative estimate of drug-likeness (QED) is 0.917. The molecule has 4 rings (SSSR count). The Morgan fingerprint density at radius 1 is 1.00 bits per heavy atom. The fourth-order valence-corrected chi connectivity index (χ4v) is 3.19. The molecule has 6 heteroatoms. The van der Waals surface area contributed by atoms with Gasteiger partial charge in [-0.3, -0.25) is 4.79 Å². The molecule has 0 saturated carbocycles. The number of likely N-dealkylation sites (N-methyl/N-ethyl adjacent to an activating group) is 1. The summed E-state index contributed by atoms with van der Waals surface area (Å²) < 4.78 is 11.4. The van der Waals surface area contributed by atoms with Crippen LogP contribution in [-0.4, -0.2) is 56.7 Å². The number of nitrogens with one attached hydrogen (secondary N) is 1. The molecule has 1 saturated heterocycles. The van der Waals surface area contributed by atoms with E-state index in [1.807, 2.05) is 30.3 Å². The lowest BCUT2D eigenvalue weighted by molar-refractivity contribution is -0.125. The van der Waals surface area contributed by atoms with Crippen LogP contribution in [-0.2, 0) is 4.79 Å². The zero-order chi connectivity index (χ0) is 17.9. The number of carbonyl (C=O) groups excluding carboxylic acids is 1. The highest BCUT2D eigenvalue weighted by atomic mass is 16.6. The molecule has 0 aromatic heterocycles. The highest BCUT2D eigenvalue weighted by Gasteiger charge is 2.27. The summed E-state index contributed by atoms with van der Waals surface area (Å²) >= 11 is 0. The van der Waals surface area contributed by atoms with Gasteiger partial charge in [0.2, 0.25) is 6.10 Å². The number of benzene rings is 2. The number of nitrogens with zero attached hydrogens (tertiary/aromatic N) is 2. The van der Waals surface area contributed by atoms with Gasteiger partial charge in [0.15, 0.2) is 11.5 Å². The number of hydrogen-bond donors (Lipinski definition) is 1. The van der Waals surface area contributed by atoms with E-state index in [0.717, 1.165) is 31.9 Å². The third-order valence-electron chi connectivity index (χ3n) is 4.80. The van der Waals surface area contributed by atoms with Crippen molar-refractivity contribution in [3.05, 3.63) is 48.5 Å². The van der Waals surface area contributed by atoms with Crippen molar-refractivity contribution >= 4 is 17.3 Å². The maximum absolute atomic E-state index is 12.5. The van der Waals surface area contributed by atoms with Gasteiger partial charge in [-0.05, 0) is 43.4 Å². The van der Waals surface area contributed by atoms with E-state index in [2.05, 4.69) is 34.3 Å². The summed E-state index contributed by atoms with van der Waals surface area (Å²) in [7, 11) is 2.14. The minimum atomic E-state index is -0.651. The Kier molecular flexibility index (Phi) is 4.67. The summed E-state index contributed by atoms with van der Waals surface area (Å²) in [5.74, 6) is 1.07. The van der Waals surface area contributed by atoms with Gasteiger partial charge in [-0.15, -0.1) is 0 Å². The van der Waals surface area contributed by atoms with E-state index >= 15 is 0 Å². The predicted octanol–water partition coefficient (Wildman–Crippen LogP) is 2.22. The Balaban J connectivity index is 1.36. The molecule has 0 unspecified atom stereocenters. The second-order valence-electron chi connectivity index (χ2n) is 6.69. The first-order valence-corrected chi connectivity index (χ1v) is 8.92. The molecule has 1 fully saturated rings. The minimum absolute atomic E-state index is 0.202. The van der Waals surface area contributed by atoms with E-state index in [9.17, 15) is 4.79 Å². The summed E-state index contributed by atoms with van der Waals surface area (Å²) in [6.45, 7) is 4.39. The molecule has 6 nitrogen and oxygen atoms in total. The van der Waals surface area contributed by atoms with Crippen LogP contribution in [0.25, 0.3) is 0 Å². The van der Waals surface area contributed by atoms with Gasteiger partial charge in [0.1, 0.15) is 6.61 Å². The fraction of sp³-hybridized carbons (Fsp3) is 0.350. The van der Waals surface area contributed by atoms with Gasteiger partial charge >= 0.3 is 0 Å². The van der Waals surface area contributed by atoms with Crippen LogP contribution in [0.3, 0.4) is 0 Å². The summed E-state index contributed by atoms with van der Waals surface area (Å²) in [6, 6.07) is 15.3. The van der Waals surface area contributed by atoms with Crippen molar-refractivity contribution in [2.45, 2.75) is 6.10 Å². The summed E-state index contributed by atoms with van der Waals surface area (Å²) in [6.07, 6.45) is -0.651. The SMILES string of the molecule is CN1CCN(c2ccc(NC(=O)[C@H]3COc4ccccc4O3)cc2)CC1. The molecule has 1 N–H and O–H groups in total. The van der Waals surface area contributed by atoms with E-state index in [-0.39, 0.29) is 12.5 Å². The molecule has 0 spiro atoms. The first kappa shape index (κ1) is 16.7. The predicted molar refractivity (Wildman–Crippen MR) is 101 cm³/mol. The average Bonchev–Trinajstić information content (AvgIpc) is 2.69. The number of ether oxygens (including phenoxy) is 2. The van der Waals surface area contributed by atoms with Crippen LogP contribution in [0, 0.1) is 0 Å². The van der Waals surface area contributed by atoms with Crippen molar-refractivity contribution in [3.63, 3.8) is 0 Å². The molecule has 2 aromatic rings. The Morgan fingerprint density at radius 3 is 2.42 bits per heavy atom. The van der Waals surface area contributed by atoms with Crippen molar-refractivity contribution < 1.29 is 14.3 Å². The monoisotopic (exact) mass is 353 g/mol. The minimum Gasteiger partial charge on any atom is -0.485 e. The van der Waals surface area contributed by atoms with Crippen molar-refractivity contribution in [2.24, 2.45) is 0 Å². The number of rotatable bonds is 3. The molecule has 1 atom stereocenters. The van der Waals surface area contributed by atoms with Crippen LogP contribution in [0.4, 0.5) is 11.4 Å². The maximum atomic E-state index is 12.5. The first-order valence-electron chi connectivity index (χ1n) is 8.92. The van der Waals surface area contributed by atoms with Crippen molar-refractivity contribution in [2.75, 3.05) is 50.1 Å². The second-order valence-corrected chi connectivity index (χ2v) is 6.69. The Hall–Kier alpha value is -2.73. The topological polar surface area (TPSA) is 54.0 Å². The summed E-state index contributed by atoms with van der Waals surface area (Å²) in [5, 5.41) is 2.91. The molecule has 0 aliphatic carbocycles. The van der Waals surface area contributed by atoms with Gasteiger partial charge in [-0.25, -0.2) is 0 Å². The number of carbonyl (C=O) groups is 1. The molecule has 0 bridgehead atoms. The number of amides is 1. The summed E-state index contributed by atoms with van der Waals surface area (Å²) in [5.41, 5.74) is 1.94. The number of para-hydroxylation sites is 2. The number of fused-ring (bicyclic) bond motifs is 1. The molecular weight excluding hydrogens is 330 g/mol. The van der Waals surface area contributed by atoms with Gasteiger partial charge in [-0.2, -0.15) is 0 Å². The third-order valence-corrected chi connectivity index (χ3v) is 4.80. The standard InChI is InChI=1S/C20H23N3O3/c1-22-10-12-23(13-11-22)16-8-6-15(7-9-16)21-20(24)19-14-25-17-4-2-3-5-18(17)26-19/h2-9,19H,10-14H2,1H3,(H,21,24)/t19-/m1/s1. The molecule has 2 aliphatic heterocycles. The van der Waals surface area contributed by atoms with Crippen LogP contribution in [0.1, 0.15) is 0 Å². The van der Waals surface area contributed by atoms with Gasteiger partial charge in [-0.1, -0.05) is 12.1 Å². The van der Waals surface area contributed by atoms with E-state index in [4.69, 9.17) is 9.47 Å². The molecule has 2 heterocycles. The van der Waals surface area contributed by atoms with Crippen LogP contribution in [0.15, 0.2) is 48.5 Å². The van der Waals surface area contributed by atoms with E-state index in [0.29, 0.717) is 11.5 Å². The van der Waals surface area contributed by atoms with E-state index in [1.165, 1.54) is 5.69 Å². The van der Waals surface area contributed by atoms with E-state index < -0.39 is 6.10 Å². The normalized spacial score (nSPS) is 19.9. The lowest BCUT2D eigenvalue weighted by Gasteiger charge is -2.34. The smallest absolute Gasteiger partial charge is 0.269 e. The van der Waals surface area contributed by atoms with Crippen molar-refractivity contribution in [1.29, 1.82) is 0 Å². The van der Waals surface area contributed by atoms with Gasteiger partial charge in [0, 0.05) is 37.6 Å². The number of hydrogen-bond acceptors (Lipinski definition) is 5. The highest BCUT2D eigenvalue weighted by molar-refractivity contribution is 5.94. The Labute approximate surface area is 153 Å². The molecule has 26 heavy (non-hydrogen) atoms. The molecule has 0 radical (unpaired) electrons. The Bertz CT molecular complexity index is 770. The van der Waals surface area contributed by atoms with Crippen LogP contribution in [0.2, 0.25) is 0 Å². The Morgan fingerprint density at radius 2 is 1.69 bits per heavy atom. The average molecular weight is 353 g/mol. The highest BCUT2D eigenvalue weighted by Crippen LogP contribution is 2.31. The zero-order valence-electron chi connectivity index (χ0n) is 14.9. The molecule has 2 aromatic carbocycles. The number of piperazine rings is 1. The second kappa shape index (κ2) is 7.25. The molecular formula is C20H23N3O3. The lowest BCUT2D eigenvalue weighted by Crippen LogP contribution is -2.44. The van der Waals surface area contributed by atoms with Gasteiger partial charge in [0.05, 0.1) is 0 Å².